The number of nitrogens with one attached hydrogen (secondary N) is 1. The van der Waals surface area contributed by atoms with Gasteiger partial charge in [0.05, 0.1) is 22.8 Å². The van der Waals surface area contributed by atoms with Gasteiger partial charge in [0.2, 0.25) is 5.95 Å². The third-order valence-electron chi connectivity index (χ3n) is 3.59. The van der Waals surface area contributed by atoms with E-state index in [0.29, 0.717) is 16.3 Å². The van der Waals surface area contributed by atoms with E-state index in [1.807, 2.05) is 57.3 Å². The molecule has 0 spiro atoms. The van der Waals surface area contributed by atoms with Crippen LogP contribution in [0.5, 0.6) is 11.5 Å². The van der Waals surface area contributed by atoms with Crippen molar-refractivity contribution in [2.45, 2.75) is 39.9 Å². The summed E-state index contributed by atoms with van der Waals surface area (Å²) in [7, 11) is 0. The molecule has 2 aromatic heterocycles. The number of thiophene rings is 1. The van der Waals surface area contributed by atoms with Crippen molar-refractivity contribution in [2.24, 2.45) is 0 Å². The van der Waals surface area contributed by atoms with E-state index in [4.69, 9.17) is 9.47 Å². The molecule has 0 bridgehead atoms. The summed E-state index contributed by atoms with van der Waals surface area (Å²) in [4.78, 5) is 21.6. The van der Waals surface area contributed by atoms with Crippen LogP contribution in [-0.2, 0) is 0 Å². The Morgan fingerprint density at radius 1 is 1.07 bits per heavy atom. The molecule has 146 valence electrons. The van der Waals surface area contributed by atoms with Crippen molar-refractivity contribution >= 4 is 23.2 Å². The van der Waals surface area contributed by atoms with Crippen LogP contribution in [-0.4, -0.2) is 28.1 Å². The van der Waals surface area contributed by atoms with Gasteiger partial charge in [-0.1, -0.05) is 6.07 Å². The van der Waals surface area contributed by atoms with Gasteiger partial charge in [0.25, 0.3) is 5.91 Å². The second-order valence-corrected chi connectivity index (χ2v) is 7.64. The zero-order valence-electron chi connectivity index (χ0n) is 16.3. The van der Waals surface area contributed by atoms with Crippen molar-refractivity contribution in [2.75, 3.05) is 5.32 Å². The largest absolute Gasteiger partial charge is 0.491 e. The molecule has 0 saturated heterocycles. The molecule has 0 aliphatic heterocycles. The first-order valence-corrected chi connectivity index (χ1v) is 9.96. The highest BCUT2D eigenvalue weighted by molar-refractivity contribution is 7.12. The predicted molar refractivity (Wildman–Crippen MR) is 111 cm³/mol. The first-order chi connectivity index (χ1) is 13.4. The fourth-order valence-corrected chi connectivity index (χ4v) is 3.17. The Balaban J connectivity index is 1.93. The van der Waals surface area contributed by atoms with Crippen molar-refractivity contribution < 1.29 is 14.3 Å². The normalized spacial score (nSPS) is 10.9. The Morgan fingerprint density at radius 2 is 1.86 bits per heavy atom. The monoisotopic (exact) mass is 397 g/mol. The van der Waals surface area contributed by atoms with Gasteiger partial charge in [0.15, 0.2) is 0 Å². The van der Waals surface area contributed by atoms with Crippen molar-refractivity contribution in [1.29, 1.82) is 0 Å². The summed E-state index contributed by atoms with van der Waals surface area (Å²) in [5.74, 6) is 1.42. The predicted octanol–water partition coefficient (Wildman–Crippen LogP) is 5.03. The Kier molecular flexibility index (Phi) is 6.26. The first kappa shape index (κ1) is 19.8. The van der Waals surface area contributed by atoms with Gasteiger partial charge >= 0.3 is 0 Å². The lowest BCUT2D eigenvalue weighted by molar-refractivity contribution is 0.102. The van der Waals surface area contributed by atoms with Gasteiger partial charge in [-0.05, 0) is 63.4 Å². The maximum absolute atomic E-state index is 12.3. The maximum Gasteiger partial charge on any atom is 0.268 e. The van der Waals surface area contributed by atoms with Crippen molar-refractivity contribution in [3.63, 3.8) is 0 Å². The summed E-state index contributed by atoms with van der Waals surface area (Å²) >= 11 is 1.36. The summed E-state index contributed by atoms with van der Waals surface area (Å²) in [5.41, 5.74) is 1.42. The Morgan fingerprint density at radius 3 is 2.54 bits per heavy atom. The highest BCUT2D eigenvalue weighted by atomic mass is 32.1. The average Bonchev–Trinajstić information content (AvgIpc) is 3.17. The molecule has 2 heterocycles. The Bertz CT molecular complexity index is 940. The van der Waals surface area contributed by atoms with E-state index in [9.17, 15) is 4.79 Å². The van der Waals surface area contributed by atoms with Crippen LogP contribution in [0.2, 0.25) is 0 Å². The molecule has 1 amide bonds. The van der Waals surface area contributed by atoms with Crippen molar-refractivity contribution in [3.8, 4) is 22.8 Å². The van der Waals surface area contributed by atoms with Gasteiger partial charge in [-0.25, -0.2) is 9.97 Å². The van der Waals surface area contributed by atoms with E-state index in [-0.39, 0.29) is 24.1 Å². The summed E-state index contributed by atoms with van der Waals surface area (Å²) in [5, 5.41) is 4.59. The van der Waals surface area contributed by atoms with Crippen LogP contribution in [0.1, 0.15) is 37.4 Å². The van der Waals surface area contributed by atoms with Gasteiger partial charge in [0, 0.05) is 11.8 Å². The van der Waals surface area contributed by atoms with Crippen molar-refractivity contribution in [1.82, 2.24) is 9.97 Å². The van der Waals surface area contributed by atoms with E-state index < -0.39 is 0 Å². The first-order valence-electron chi connectivity index (χ1n) is 9.08. The molecule has 3 rings (SSSR count). The van der Waals surface area contributed by atoms with Crippen LogP contribution in [0.15, 0.2) is 48.0 Å². The zero-order valence-corrected chi connectivity index (χ0v) is 17.1. The van der Waals surface area contributed by atoms with Gasteiger partial charge in [-0.2, -0.15) is 0 Å². The van der Waals surface area contributed by atoms with Crippen LogP contribution >= 0.6 is 11.3 Å². The zero-order chi connectivity index (χ0) is 20.1. The highest BCUT2D eigenvalue weighted by Gasteiger charge is 2.14. The summed E-state index contributed by atoms with van der Waals surface area (Å²) in [6.07, 6.45) is 1.67. The quantitative estimate of drug-likeness (QED) is 0.605. The SMILES string of the molecule is CC(C)Oc1ccc(OC(C)C)c(-c2ccnc(NC(=O)c3cccs3)n2)c1. The number of amides is 1. The summed E-state index contributed by atoms with van der Waals surface area (Å²) in [6.45, 7) is 7.88. The lowest BCUT2D eigenvalue weighted by atomic mass is 10.1. The number of nitrogens with zero attached hydrogens (tertiary/aromatic N) is 2. The molecule has 7 heteroatoms. The van der Waals surface area contributed by atoms with E-state index in [0.717, 1.165) is 11.3 Å². The fourth-order valence-electron chi connectivity index (χ4n) is 2.55. The lowest BCUT2D eigenvalue weighted by Crippen LogP contribution is -2.13. The van der Waals surface area contributed by atoms with Gasteiger partial charge in [-0.15, -0.1) is 11.3 Å². The molecular formula is C21H23N3O3S. The summed E-state index contributed by atoms with van der Waals surface area (Å²) < 4.78 is 11.8. The minimum absolute atomic E-state index is 0.00968. The molecule has 0 aliphatic rings. The Hall–Kier alpha value is -2.93. The molecule has 0 radical (unpaired) electrons. The number of aromatic nitrogens is 2. The van der Waals surface area contributed by atoms with Gasteiger partial charge in [0.1, 0.15) is 11.5 Å². The molecule has 1 N–H and O–H groups in total. The van der Waals surface area contributed by atoms with E-state index in [1.54, 1.807) is 18.3 Å². The van der Waals surface area contributed by atoms with Gasteiger partial charge in [-0.3, -0.25) is 10.1 Å². The van der Waals surface area contributed by atoms with Crippen LogP contribution in [0.25, 0.3) is 11.3 Å². The Labute approximate surface area is 168 Å². The third kappa shape index (κ3) is 5.07. The molecular weight excluding hydrogens is 374 g/mol. The van der Waals surface area contributed by atoms with E-state index in [1.165, 1.54) is 11.3 Å². The molecule has 1 aromatic carbocycles. The van der Waals surface area contributed by atoms with E-state index in [2.05, 4.69) is 15.3 Å². The minimum Gasteiger partial charge on any atom is -0.491 e. The van der Waals surface area contributed by atoms with Gasteiger partial charge < -0.3 is 9.47 Å². The maximum atomic E-state index is 12.3. The second-order valence-electron chi connectivity index (χ2n) is 6.69. The van der Waals surface area contributed by atoms with Crippen molar-refractivity contribution in [3.05, 3.63) is 52.9 Å². The number of benzene rings is 1. The highest BCUT2D eigenvalue weighted by Crippen LogP contribution is 2.34. The van der Waals surface area contributed by atoms with Crippen LogP contribution in [0.3, 0.4) is 0 Å². The topological polar surface area (TPSA) is 73.3 Å². The molecule has 6 nitrogen and oxygen atoms in total. The van der Waals surface area contributed by atoms with Crippen LogP contribution < -0.4 is 14.8 Å². The smallest absolute Gasteiger partial charge is 0.268 e. The number of hydrogen-bond donors (Lipinski definition) is 1. The lowest BCUT2D eigenvalue weighted by Gasteiger charge is -2.17. The van der Waals surface area contributed by atoms with Crippen LogP contribution in [0, 0.1) is 0 Å². The number of anilines is 1. The van der Waals surface area contributed by atoms with Crippen LogP contribution in [0.4, 0.5) is 5.95 Å². The molecule has 0 atom stereocenters. The fraction of sp³-hybridized carbons (Fsp3) is 0.286. The molecule has 28 heavy (non-hydrogen) atoms. The molecule has 0 aliphatic carbocycles. The number of ether oxygens (including phenoxy) is 2. The minimum atomic E-state index is -0.234. The molecule has 3 aromatic rings. The number of carbonyl (C=O) groups is 1. The van der Waals surface area contributed by atoms with E-state index >= 15 is 0 Å². The number of carbonyl (C=O) groups excluding carboxylic acids is 1. The summed E-state index contributed by atoms with van der Waals surface area (Å²) in [6, 6.07) is 11.0. The molecule has 0 fully saturated rings. The molecule has 0 saturated carbocycles. The third-order valence-corrected chi connectivity index (χ3v) is 4.46. The number of hydrogen-bond acceptors (Lipinski definition) is 6. The standard InChI is InChI=1S/C21H23N3O3S/c1-13(2)26-15-7-8-18(27-14(3)4)16(12-15)17-9-10-22-21(23-17)24-20(25)19-6-5-11-28-19/h5-14H,1-4H3,(H,22,23,24,25). The second kappa shape index (κ2) is 8.84. The molecule has 0 unspecified atom stereocenters. The number of rotatable bonds is 7. The average molecular weight is 398 g/mol.